The minimum atomic E-state index is 0.613. The second-order valence-corrected chi connectivity index (χ2v) is 10.8. The Hall–Kier alpha value is -6.34. The predicted molar refractivity (Wildman–Crippen MR) is 178 cm³/mol. The van der Waals surface area contributed by atoms with Crippen molar-refractivity contribution in [1.29, 1.82) is 0 Å². The standard InChI is InChI=1S/C38H23N5O2/c1-2-10-26(11-3-1)43(27-12-4-8-24(18-27)33-20-31-29-14-6-16-39-37(29)44-35(31)22-41-33)28-13-5-9-25(19-28)34-21-32-30-15-7-17-40-38(30)45-36(32)23-42-34/h1-23H. The molecule has 7 nitrogen and oxygen atoms in total. The van der Waals surface area contributed by atoms with Crippen LogP contribution in [-0.2, 0) is 0 Å². The summed E-state index contributed by atoms with van der Waals surface area (Å²) >= 11 is 0. The lowest BCUT2D eigenvalue weighted by molar-refractivity contribution is 0.652. The van der Waals surface area contributed by atoms with Gasteiger partial charge in [-0.2, -0.15) is 0 Å². The van der Waals surface area contributed by atoms with E-state index in [9.17, 15) is 0 Å². The van der Waals surface area contributed by atoms with Gasteiger partial charge in [-0.25, -0.2) is 9.97 Å². The Morgan fingerprint density at radius 1 is 0.422 bits per heavy atom. The first-order chi connectivity index (χ1) is 22.3. The molecule has 9 aromatic rings. The summed E-state index contributed by atoms with van der Waals surface area (Å²) in [6, 6.07) is 39.3. The van der Waals surface area contributed by atoms with E-state index in [1.54, 1.807) is 24.8 Å². The Balaban J connectivity index is 1.16. The largest absolute Gasteiger partial charge is 0.436 e. The molecule has 0 aliphatic heterocycles. The minimum Gasteiger partial charge on any atom is -0.436 e. The number of furan rings is 2. The predicted octanol–water partition coefficient (Wildman–Crippen LogP) is 9.87. The van der Waals surface area contributed by atoms with Crippen molar-refractivity contribution in [3.05, 3.63) is 140 Å². The van der Waals surface area contributed by atoms with Crippen molar-refractivity contribution in [2.75, 3.05) is 4.90 Å². The number of hydrogen-bond acceptors (Lipinski definition) is 7. The van der Waals surface area contributed by atoms with Crippen LogP contribution in [0.3, 0.4) is 0 Å². The van der Waals surface area contributed by atoms with Gasteiger partial charge in [0.2, 0.25) is 11.4 Å². The van der Waals surface area contributed by atoms with Gasteiger partial charge in [0.15, 0.2) is 11.2 Å². The van der Waals surface area contributed by atoms with Gasteiger partial charge in [0.05, 0.1) is 23.8 Å². The van der Waals surface area contributed by atoms with Crippen LogP contribution < -0.4 is 4.90 Å². The number of nitrogens with zero attached hydrogens (tertiary/aromatic N) is 5. The molecule has 45 heavy (non-hydrogen) atoms. The molecule has 6 heterocycles. The zero-order chi connectivity index (χ0) is 29.7. The van der Waals surface area contributed by atoms with Crippen molar-refractivity contribution >= 4 is 61.2 Å². The zero-order valence-corrected chi connectivity index (χ0v) is 23.8. The second-order valence-electron chi connectivity index (χ2n) is 10.8. The van der Waals surface area contributed by atoms with E-state index < -0.39 is 0 Å². The molecule has 9 rings (SSSR count). The quantitative estimate of drug-likeness (QED) is 0.200. The molecule has 0 spiro atoms. The van der Waals surface area contributed by atoms with Crippen molar-refractivity contribution in [2.45, 2.75) is 0 Å². The highest BCUT2D eigenvalue weighted by atomic mass is 16.3. The number of fused-ring (bicyclic) bond motifs is 6. The van der Waals surface area contributed by atoms with Crippen molar-refractivity contribution in [3.8, 4) is 22.5 Å². The van der Waals surface area contributed by atoms with Gasteiger partial charge in [-0.1, -0.05) is 42.5 Å². The molecule has 0 aliphatic rings. The Labute approximate surface area is 257 Å². The Kier molecular flexibility index (Phi) is 5.67. The van der Waals surface area contributed by atoms with E-state index >= 15 is 0 Å². The molecule has 0 radical (unpaired) electrons. The van der Waals surface area contributed by atoms with Crippen LogP contribution >= 0.6 is 0 Å². The van der Waals surface area contributed by atoms with Gasteiger partial charge in [0.25, 0.3) is 0 Å². The maximum absolute atomic E-state index is 5.91. The third-order valence-electron chi connectivity index (χ3n) is 8.09. The Bertz CT molecular complexity index is 2360. The molecular weight excluding hydrogens is 558 g/mol. The first-order valence-electron chi connectivity index (χ1n) is 14.6. The fourth-order valence-corrected chi connectivity index (χ4v) is 5.98. The van der Waals surface area contributed by atoms with Gasteiger partial charge in [-0.3, -0.25) is 9.97 Å². The lowest BCUT2D eigenvalue weighted by Crippen LogP contribution is -2.10. The molecule has 0 amide bonds. The topological polar surface area (TPSA) is 81.1 Å². The van der Waals surface area contributed by atoms with E-state index in [1.807, 2.05) is 30.3 Å². The second kappa shape index (κ2) is 10.1. The number of anilines is 3. The van der Waals surface area contributed by atoms with E-state index in [1.165, 1.54) is 0 Å². The van der Waals surface area contributed by atoms with Crippen molar-refractivity contribution in [1.82, 2.24) is 19.9 Å². The SMILES string of the molecule is c1ccc(N(c2cccc(-c3cc4c(cn3)oc3ncccc34)c2)c2cccc(-c3cc4c(cn3)oc3ncccc34)c2)cc1. The summed E-state index contributed by atoms with van der Waals surface area (Å²) in [4.78, 5) is 20.5. The Morgan fingerprint density at radius 2 is 0.933 bits per heavy atom. The molecule has 7 heteroatoms. The summed E-state index contributed by atoms with van der Waals surface area (Å²) in [5.41, 5.74) is 9.43. The number of para-hydroxylation sites is 1. The number of aromatic nitrogens is 4. The van der Waals surface area contributed by atoms with E-state index in [2.05, 4.69) is 99.8 Å². The molecule has 0 aliphatic carbocycles. The van der Waals surface area contributed by atoms with Crippen LogP contribution in [0.15, 0.2) is 149 Å². The molecular formula is C38H23N5O2. The molecule has 6 aromatic heterocycles. The molecule has 0 saturated heterocycles. The van der Waals surface area contributed by atoms with Crippen LogP contribution in [0.4, 0.5) is 17.1 Å². The van der Waals surface area contributed by atoms with Crippen LogP contribution in [0.2, 0.25) is 0 Å². The summed E-state index contributed by atoms with van der Waals surface area (Å²) in [5.74, 6) is 0. The zero-order valence-electron chi connectivity index (χ0n) is 23.8. The lowest BCUT2D eigenvalue weighted by Gasteiger charge is -2.26. The smallest absolute Gasteiger partial charge is 0.227 e. The summed E-state index contributed by atoms with van der Waals surface area (Å²) < 4.78 is 11.8. The third kappa shape index (κ3) is 4.29. The van der Waals surface area contributed by atoms with Gasteiger partial charge in [-0.05, 0) is 72.8 Å². The number of rotatable bonds is 5. The molecule has 3 aromatic carbocycles. The molecule has 212 valence electrons. The lowest BCUT2D eigenvalue weighted by atomic mass is 10.1. The summed E-state index contributed by atoms with van der Waals surface area (Å²) in [7, 11) is 0. The van der Waals surface area contributed by atoms with Gasteiger partial charge < -0.3 is 13.7 Å². The summed E-state index contributed by atoms with van der Waals surface area (Å²) in [5, 5.41) is 3.93. The average Bonchev–Trinajstić information content (AvgIpc) is 3.67. The first-order valence-corrected chi connectivity index (χ1v) is 14.6. The summed E-state index contributed by atoms with van der Waals surface area (Å²) in [6.45, 7) is 0. The van der Waals surface area contributed by atoms with Gasteiger partial charge in [0.1, 0.15) is 0 Å². The molecule has 0 saturated carbocycles. The van der Waals surface area contributed by atoms with E-state index in [-0.39, 0.29) is 0 Å². The fraction of sp³-hybridized carbons (Fsp3) is 0. The highest BCUT2D eigenvalue weighted by Crippen LogP contribution is 2.39. The van der Waals surface area contributed by atoms with E-state index in [0.29, 0.717) is 11.4 Å². The fourth-order valence-electron chi connectivity index (χ4n) is 5.98. The van der Waals surface area contributed by atoms with Crippen molar-refractivity contribution in [3.63, 3.8) is 0 Å². The van der Waals surface area contributed by atoms with Crippen LogP contribution in [0.1, 0.15) is 0 Å². The number of benzene rings is 3. The normalized spacial score (nSPS) is 11.6. The average molecular weight is 582 g/mol. The number of hydrogen-bond donors (Lipinski definition) is 0. The van der Waals surface area contributed by atoms with Crippen LogP contribution in [0.5, 0.6) is 0 Å². The highest BCUT2D eigenvalue weighted by Gasteiger charge is 2.17. The minimum absolute atomic E-state index is 0.613. The monoisotopic (exact) mass is 581 g/mol. The Morgan fingerprint density at radius 3 is 1.47 bits per heavy atom. The van der Waals surface area contributed by atoms with Crippen LogP contribution in [0, 0.1) is 0 Å². The molecule has 0 fully saturated rings. The van der Waals surface area contributed by atoms with Crippen molar-refractivity contribution < 1.29 is 8.83 Å². The number of pyridine rings is 4. The molecule has 0 N–H and O–H groups in total. The van der Waals surface area contributed by atoms with Gasteiger partial charge >= 0.3 is 0 Å². The molecule has 0 bridgehead atoms. The van der Waals surface area contributed by atoms with Crippen molar-refractivity contribution in [2.24, 2.45) is 0 Å². The maximum atomic E-state index is 5.91. The van der Waals surface area contributed by atoms with Gasteiger partial charge in [0, 0.05) is 62.1 Å². The van der Waals surface area contributed by atoms with Crippen LogP contribution in [0.25, 0.3) is 66.7 Å². The third-order valence-corrected chi connectivity index (χ3v) is 8.09. The summed E-state index contributed by atoms with van der Waals surface area (Å²) in [6.07, 6.45) is 7.03. The molecule has 0 atom stereocenters. The van der Waals surface area contributed by atoms with Crippen LogP contribution in [-0.4, -0.2) is 19.9 Å². The maximum Gasteiger partial charge on any atom is 0.227 e. The van der Waals surface area contributed by atoms with Gasteiger partial charge in [-0.15, -0.1) is 0 Å². The first kappa shape index (κ1) is 25.2. The highest BCUT2D eigenvalue weighted by molar-refractivity contribution is 6.05. The van der Waals surface area contributed by atoms with E-state index in [4.69, 9.17) is 18.8 Å². The van der Waals surface area contributed by atoms with E-state index in [0.717, 1.165) is 72.3 Å². The molecule has 0 unspecified atom stereocenters.